The third-order valence-corrected chi connectivity index (χ3v) is 4.91. The van der Waals surface area contributed by atoms with E-state index >= 15 is 0 Å². The van der Waals surface area contributed by atoms with Gasteiger partial charge < -0.3 is 14.3 Å². The average Bonchev–Trinajstić information content (AvgIpc) is 3.36. The Morgan fingerprint density at radius 1 is 1.28 bits per heavy atom. The summed E-state index contributed by atoms with van der Waals surface area (Å²) in [6.07, 6.45) is 3.14. The Labute approximate surface area is 167 Å². The van der Waals surface area contributed by atoms with Gasteiger partial charge in [0.2, 0.25) is 17.7 Å². The highest BCUT2D eigenvalue weighted by Gasteiger charge is 2.35. The van der Waals surface area contributed by atoms with Crippen molar-refractivity contribution in [2.75, 3.05) is 25.5 Å². The van der Waals surface area contributed by atoms with Gasteiger partial charge in [0.25, 0.3) is 5.91 Å². The molecule has 9 heteroatoms. The maximum Gasteiger partial charge on any atom is 0.257 e. The Balaban J connectivity index is 1.78. The third-order valence-electron chi connectivity index (χ3n) is 4.91. The normalized spacial score (nSPS) is 16.3. The minimum absolute atomic E-state index is 0.0539. The second kappa shape index (κ2) is 7.57. The van der Waals surface area contributed by atoms with Crippen LogP contribution < -0.4 is 4.90 Å². The molecule has 1 unspecified atom stereocenters. The SMILES string of the molecule is Cc1nc(-c2cnc(N(C)C)nc2C2CCCN2C(=O)c2ccccc2F)no1. The topological polar surface area (TPSA) is 88.3 Å². The Morgan fingerprint density at radius 2 is 2.07 bits per heavy atom. The molecular formula is C20H21FN6O2. The number of hydrogen-bond acceptors (Lipinski definition) is 7. The average molecular weight is 396 g/mol. The number of carbonyl (C=O) groups is 1. The van der Waals surface area contributed by atoms with Crippen LogP contribution in [0.15, 0.2) is 35.0 Å². The van der Waals surface area contributed by atoms with Crippen LogP contribution in [-0.4, -0.2) is 51.6 Å². The van der Waals surface area contributed by atoms with Gasteiger partial charge >= 0.3 is 0 Å². The first-order valence-corrected chi connectivity index (χ1v) is 9.36. The zero-order valence-corrected chi connectivity index (χ0v) is 16.5. The van der Waals surface area contributed by atoms with Crippen molar-refractivity contribution in [1.29, 1.82) is 0 Å². The first-order chi connectivity index (χ1) is 14.0. The van der Waals surface area contributed by atoms with Gasteiger partial charge in [-0.1, -0.05) is 17.3 Å². The highest BCUT2D eigenvalue weighted by molar-refractivity contribution is 5.95. The molecule has 0 spiro atoms. The minimum atomic E-state index is -0.533. The summed E-state index contributed by atoms with van der Waals surface area (Å²) >= 11 is 0. The highest BCUT2D eigenvalue weighted by atomic mass is 19.1. The molecule has 1 aliphatic rings. The number of nitrogens with zero attached hydrogens (tertiary/aromatic N) is 6. The van der Waals surface area contributed by atoms with E-state index in [1.807, 2.05) is 14.1 Å². The predicted molar refractivity (Wildman–Crippen MR) is 104 cm³/mol. The Hall–Kier alpha value is -3.36. The minimum Gasteiger partial charge on any atom is -0.347 e. The standard InChI is InChI=1S/C20H21FN6O2/c1-12-23-18(25-29-12)14-11-22-20(26(2)3)24-17(14)16-9-6-10-27(16)19(28)13-7-4-5-8-15(13)21/h4-5,7-8,11,16H,6,9-10H2,1-3H3. The van der Waals surface area contributed by atoms with E-state index in [9.17, 15) is 9.18 Å². The fourth-order valence-electron chi connectivity index (χ4n) is 3.52. The summed E-state index contributed by atoms with van der Waals surface area (Å²) in [5.41, 5.74) is 1.29. The van der Waals surface area contributed by atoms with E-state index in [2.05, 4.69) is 15.1 Å². The van der Waals surface area contributed by atoms with Crippen LogP contribution >= 0.6 is 0 Å². The van der Waals surface area contributed by atoms with Gasteiger partial charge in [-0.15, -0.1) is 0 Å². The van der Waals surface area contributed by atoms with Crippen LogP contribution in [0.2, 0.25) is 0 Å². The molecule has 1 atom stereocenters. The van der Waals surface area contributed by atoms with Crippen LogP contribution in [0.25, 0.3) is 11.4 Å². The molecule has 150 valence electrons. The largest absolute Gasteiger partial charge is 0.347 e. The second-order valence-electron chi connectivity index (χ2n) is 7.14. The van der Waals surface area contributed by atoms with Crippen molar-refractivity contribution in [3.05, 3.63) is 53.4 Å². The molecule has 1 amide bonds. The first kappa shape index (κ1) is 19.0. The molecule has 0 N–H and O–H groups in total. The molecule has 0 aliphatic carbocycles. The summed E-state index contributed by atoms with van der Waals surface area (Å²) in [6.45, 7) is 2.22. The zero-order valence-electron chi connectivity index (χ0n) is 16.5. The predicted octanol–water partition coefficient (Wildman–Crippen LogP) is 3.02. The third kappa shape index (κ3) is 3.55. The number of amides is 1. The van der Waals surface area contributed by atoms with Gasteiger partial charge in [0.05, 0.1) is 22.9 Å². The lowest BCUT2D eigenvalue weighted by atomic mass is 10.0. The van der Waals surface area contributed by atoms with E-state index in [-0.39, 0.29) is 17.5 Å². The van der Waals surface area contributed by atoms with Gasteiger partial charge in [-0.05, 0) is 25.0 Å². The molecule has 1 saturated heterocycles. The molecule has 3 aromatic rings. The summed E-state index contributed by atoms with van der Waals surface area (Å²) in [7, 11) is 3.68. The van der Waals surface area contributed by atoms with E-state index in [0.717, 1.165) is 6.42 Å². The Morgan fingerprint density at radius 3 is 2.76 bits per heavy atom. The van der Waals surface area contributed by atoms with E-state index < -0.39 is 5.82 Å². The second-order valence-corrected chi connectivity index (χ2v) is 7.14. The van der Waals surface area contributed by atoms with Crippen molar-refractivity contribution >= 4 is 11.9 Å². The molecule has 0 bridgehead atoms. The number of anilines is 1. The molecule has 1 aliphatic heterocycles. The number of hydrogen-bond donors (Lipinski definition) is 0. The molecule has 29 heavy (non-hydrogen) atoms. The molecule has 4 rings (SSSR count). The number of rotatable bonds is 4. The zero-order chi connectivity index (χ0) is 20.5. The summed E-state index contributed by atoms with van der Waals surface area (Å²) in [5.74, 6) is 0.412. The maximum atomic E-state index is 14.2. The molecule has 0 radical (unpaired) electrons. The van der Waals surface area contributed by atoms with E-state index in [1.165, 1.54) is 12.1 Å². The van der Waals surface area contributed by atoms with E-state index in [4.69, 9.17) is 9.51 Å². The molecule has 1 fully saturated rings. The smallest absolute Gasteiger partial charge is 0.257 e. The number of benzene rings is 1. The van der Waals surface area contributed by atoms with Gasteiger partial charge in [0.15, 0.2) is 0 Å². The fraction of sp³-hybridized carbons (Fsp3) is 0.350. The summed E-state index contributed by atoms with van der Waals surface area (Å²) in [5, 5.41) is 3.99. The van der Waals surface area contributed by atoms with Crippen molar-refractivity contribution in [2.45, 2.75) is 25.8 Å². The number of likely N-dealkylation sites (tertiary alicyclic amines) is 1. The van der Waals surface area contributed by atoms with E-state index in [0.29, 0.717) is 41.9 Å². The monoisotopic (exact) mass is 396 g/mol. The van der Waals surface area contributed by atoms with Crippen LogP contribution in [-0.2, 0) is 0 Å². The molecule has 2 aromatic heterocycles. The lowest BCUT2D eigenvalue weighted by Gasteiger charge is -2.26. The van der Waals surface area contributed by atoms with Gasteiger partial charge in [-0.3, -0.25) is 4.79 Å². The number of carbonyl (C=O) groups excluding carboxylic acids is 1. The van der Waals surface area contributed by atoms with Gasteiger partial charge in [-0.2, -0.15) is 4.98 Å². The Kier molecular flexibility index (Phi) is 4.96. The first-order valence-electron chi connectivity index (χ1n) is 9.36. The quantitative estimate of drug-likeness (QED) is 0.670. The van der Waals surface area contributed by atoms with Crippen molar-refractivity contribution < 1.29 is 13.7 Å². The van der Waals surface area contributed by atoms with Crippen LogP contribution in [0, 0.1) is 12.7 Å². The van der Waals surface area contributed by atoms with Gasteiger partial charge in [0, 0.05) is 33.8 Å². The fourth-order valence-corrected chi connectivity index (χ4v) is 3.52. The van der Waals surface area contributed by atoms with Crippen LogP contribution in [0.1, 0.15) is 40.8 Å². The number of aromatic nitrogens is 4. The number of halogens is 1. The Bertz CT molecular complexity index is 1050. The summed E-state index contributed by atoms with van der Waals surface area (Å²) in [6, 6.07) is 5.68. The van der Waals surface area contributed by atoms with Crippen molar-refractivity contribution in [1.82, 2.24) is 25.0 Å². The summed E-state index contributed by atoms with van der Waals surface area (Å²) in [4.78, 5) is 29.9. The lowest BCUT2D eigenvalue weighted by Crippen LogP contribution is -2.32. The van der Waals surface area contributed by atoms with Gasteiger partial charge in [0.1, 0.15) is 5.82 Å². The van der Waals surface area contributed by atoms with Crippen LogP contribution in [0.4, 0.5) is 10.3 Å². The molecule has 0 saturated carbocycles. The molecule has 8 nitrogen and oxygen atoms in total. The molecule has 3 heterocycles. The van der Waals surface area contributed by atoms with E-state index in [1.54, 1.807) is 35.1 Å². The molecule has 1 aromatic carbocycles. The van der Waals surface area contributed by atoms with Gasteiger partial charge in [-0.25, -0.2) is 14.4 Å². The summed E-state index contributed by atoms with van der Waals surface area (Å²) < 4.78 is 19.3. The maximum absolute atomic E-state index is 14.2. The highest BCUT2D eigenvalue weighted by Crippen LogP contribution is 2.37. The van der Waals surface area contributed by atoms with Crippen molar-refractivity contribution in [3.63, 3.8) is 0 Å². The number of aryl methyl sites for hydroxylation is 1. The van der Waals surface area contributed by atoms with Crippen LogP contribution in [0.5, 0.6) is 0 Å². The van der Waals surface area contributed by atoms with Crippen molar-refractivity contribution in [3.8, 4) is 11.4 Å². The van der Waals surface area contributed by atoms with Crippen LogP contribution in [0.3, 0.4) is 0 Å². The lowest BCUT2D eigenvalue weighted by molar-refractivity contribution is 0.0728. The molecular weight excluding hydrogens is 375 g/mol. The van der Waals surface area contributed by atoms with Crippen molar-refractivity contribution in [2.24, 2.45) is 0 Å².